The van der Waals surface area contributed by atoms with Crippen molar-refractivity contribution in [3.05, 3.63) is 35.4 Å². The van der Waals surface area contributed by atoms with E-state index in [0.29, 0.717) is 18.3 Å². The predicted octanol–water partition coefficient (Wildman–Crippen LogP) is 2.55. The van der Waals surface area contributed by atoms with Crippen LogP contribution in [0.1, 0.15) is 42.9 Å². The second kappa shape index (κ2) is 8.28. The lowest BCUT2D eigenvalue weighted by Crippen LogP contribution is -2.27. The summed E-state index contributed by atoms with van der Waals surface area (Å²) in [5, 5.41) is 15.6. The van der Waals surface area contributed by atoms with E-state index in [2.05, 4.69) is 39.9 Å². The van der Waals surface area contributed by atoms with E-state index in [1.54, 1.807) is 0 Å². The number of thioether (sulfide) groups is 1. The molecule has 2 aromatic rings. The molecule has 0 bridgehead atoms. The number of hydrogen-bond donors (Lipinski definition) is 1. The largest absolute Gasteiger partial charge is 0.355 e. The summed E-state index contributed by atoms with van der Waals surface area (Å²) in [6.45, 7) is 2.74. The van der Waals surface area contributed by atoms with Crippen LogP contribution in [0.4, 0.5) is 0 Å². The Morgan fingerprint density at radius 3 is 2.92 bits per heavy atom. The lowest BCUT2D eigenvalue weighted by molar-refractivity contribution is -0.118. The van der Waals surface area contributed by atoms with Crippen molar-refractivity contribution in [3.8, 4) is 0 Å². The zero-order valence-corrected chi connectivity index (χ0v) is 14.8. The van der Waals surface area contributed by atoms with Crippen LogP contribution in [0.5, 0.6) is 0 Å². The molecule has 1 aromatic heterocycles. The number of rotatable bonds is 7. The van der Waals surface area contributed by atoms with Gasteiger partial charge in [0.2, 0.25) is 11.1 Å². The van der Waals surface area contributed by atoms with Crippen molar-refractivity contribution in [3.63, 3.8) is 0 Å². The van der Waals surface area contributed by atoms with E-state index in [1.807, 2.05) is 16.8 Å². The fraction of sp³-hybridized carbons (Fsp3) is 0.529. The lowest BCUT2D eigenvalue weighted by Gasteiger charge is -2.11. The van der Waals surface area contributed by atoms with Crippen LogP contribution in [0.3, 0.4) is 0 Å². The molecule has 7 heteroatoms. The minimum absolute atomic E-state index is 0.0227. The molecule has 1 saturated carbocycles. The van der Waals surface area contributed by atoms with Crippen molar-refractivity contribution >= 4 is 17.7 Å². The Hall–Kier alpha value is -1.89. The van der Waals surface area contributed by atoms with E-state index in [4.69, 9.17) is 0 Å². The highest BCUT2D eigenvalue weighted by Gasteiger charge is 2.21. The van der Waals surface area contributed by atoms with Crippen molar-refractivity contribution in [2.45, 2.75) is 50.2 Å². The Labute approximate surface area is 146 Å². The second-order valence-corrected chi connectivity index (χ2v) is 7.10. The van der Waals surface area contributed by atoms with Gasteiger partial charge >= 0.3 is 0 Å². The molecule has 1 heterocycles. The summed E-state index contributed by atoms with van der Waals surface area (Å²) < 4.78 is 1.89. The van der Waals surface area contributed by atoms with Gasteiger partial charge in [-0.1, -0.05) is 48.9 Å². The van der Waals surface area contributed by atoms with Crippen molar-refractivity contribution in [2.75, 3.05) is 12.3 Å². The third-order valence-corrected chi connectivity index (χ3v) is 5.38. The number of amides is 1. The van der Waals surface area contributed by atoms with Gasteiger partial charge < -0.3 is 5.32 Å². The van der Waals surface area contributed by atoms with Gasteiger partial charge in [-0.3, -0.25) is 4.79 Å². The molecule has 0 spiro atoms. The summed E-state index contributed by atoms with van der Waals surface area (Å²) in [4.78, 5) is 12.0. The highest BCUT2D eigenvalue weighted by molar-refractivity contribution is 7.99. The third kappa shape index (κ3) is 4.35. The van der Waals surface area contributed by atoms with E-state index in [1.165, 1.54) is 35.7 Å². The van der Waals surface area contributed by atoms with Gasteiger partial charge in [0.1, 0.15) is 0 Å². The molecule has 1 amide bonds. The average molecular weight is 345 g/mol. The van der Waals surface area contributed by atoms with Crippen molar-refractivity contribution in [1.29, 1.82) is 0 Å². The van der Waals surface area contributed by atoms with Crippen molar-refractivity contribution < 1.29 is 4.79 Å². The van der Waals surface area contributed by atoms with E-state index in [9.17, 15) is 4.79 Å². The molecule has 0 radical (unpaired) electrons. The quantitative estimate of drug-likeness (QED) is 0.781. The van der Waals surface area contributed by atoms with Gasteiger partial charge in [0, 0.05) is 6.54 Å². The maximum atomic E-state index is 12.0. The SMILES string of the molecule is Cc1ccccc1CCNC(=O)CSc1nnnn1C1CCCC1. The van der Waals surface area contributed by atoms with Crippen LogP contribution < -0.4 is 5.32 Å². The van der Waals surface area contributed by atoms with Crippen LogP contribution >= 0.6 is 11.8 Å². The Morgan fingerprint density at radius 1 is 1.33 bits per heavy atom. The molecular weight excluding hydrogens is 322 g/mol. The Morgan fingerprint density at radius 2 is 2.12 bits per heavy atom. The third-order valence-electron chi connectivity index (χ3n) is 4.44. The number of carbonyl (C=O) groups is 1. The molecule has 128 valence electrons. The topological polar surface area (TPSA) is 72.7 Å². The summed E-state index contributed by atoms with van der Waals surface area (Å²) in [7, 11) is 0. The number of aryl methyl sites for hydroxylation is 1. The normalized spacial score (nSPS) is 14.9. The number of benzene rings is 1. The smallest absolute Gasteiger partial charge is 0.230 e. The molecule has 1 aliphatic carbocycles. The average Bonchev–Trinajstić information content (AvgIpc) is 3.25. The van der Waals surface area contributed by atoms with Gasteiger partial charge in [0.15, 0.2) is 0 Å². The van der Waals surface area contributed by atoms with Crippen LogP contribution in [0.15, 0.2) is 29.4 Å². The van der Waals surface area contributed by atoms with Crippen LogP contribution in [0.2, 0.25) is 0 Å². The molecule has 1 aliphatic rings. The highest BCUT2D eigenvalue weighted by Crippen LogP contribution is 2.31. The standard InChI is InChI=1S/C17H23N5OS/c1-13-6-2-3-7-14(13)10-11-18-16(23)12-24-17-19-20-21-22(17)15-8-4-5-9-15/h2-3,6-7,15H,4-5,8-12H2,1H3,(H,18,23). The number of tetrazole rings is 1. The molecular formula is C17H23N5OS. The van der Waals surface area contributed by atoms with E-state index in [-0.39, 0.29) is 5.91 Å². The summed E-state index contributed by atoms with van der Waals surface area (Å²) in [5.41, 5.74) is 2.53. The first-order valence-corrected chi connectivity index (χ1v) is 9.44. The molecule has 0 unspecified atom stereocenters. The van der Waals surface area contributed by atoms with Gasteiger partial charge in [-0.05, 0) is 47.7 Å². The van der Waals surface area contributed by atoms with Crippen molar-refractivity contribution in [2.24, 2.45) is 0 Å². The van der Waals surface area contributed by atoms with Crippen LogP contribution in [-0.4, -0.2) is 38.4 Å². The monoisotopic (exact) mass is 345 g/mol. The minimum atomic E-state index is 0.0227. The number of hydrogen-bond acceptors (Lipinski definition) is 5. The minimum Gasteiger partial charge on any atom is -0.355 e. The molecule has 0 saturated heterocycles. The molecule has 1 fully saturated rings. The predicted molar refractivity (Wildman–Crippen MR) is 93.9 cm³/mol. The number of nitrogens with one attached hydrogen (secondary N) is 1. The fourth-order valence-electron chi connectivity index (χ4n) is 3.07. The highest BCUT2D eigenvalue weighted by atomic mass is 32.2. The molecule has 24 heavy (non-hydrogen) atoms. The van der Waals surface area contributed by atoms with Crippen LogP contribution in [0.25, 0.3) is 0 Å². The van der Waals surface area contributed by atoms with Gasteiger partial charge in [-0.15, -0.1) is 5.10 Å². The zero-order valence-electron chi connectivity index (χ0n) is 13.9. The van der Waals surface area contributed by atoms with E-state index >= 15 is 0 Å². The van der Waals surface area contributed by atoms with Crippen LogP contribution in [0, 0.1) is 6.92 Å². The zero-order chi connectivity index (χ0) is 16.8. The maximum absolute atomic E-state index is 12.0. The molecule has 3 rings (SSSR count). The van der Waals surface area contributed by atoms with E-state index < -0.39 is 0 Å². The number of carbonyl (C=O) groups excluding carboxylic acids is 1. The molecule has 1 N–H and O–H groups in total. The number of aromatic nitrogens is 4. The second-order valence-electron chi connectivity index (χ2n) is 6.16. The summed E-state index contributed by atoms with van der Waals surface area (Å²) in [6, 6.07) is 8.65. The summed E-state index contributed by atoms with van der Waals surface area (Å²) in [5.74, 6) is 0.371. The number of nitrogens with zero attached hydrogens (tertiary/aromatic N) is 4. The van der Waals surface area contributed by atoms with Gasteiger partial charge in [0.05, 0.1) is 11.8 Å². The first-order valence-electron chi connectivity index (χ1n) is 8.46. The fourth-order valence-corrected chi connectivity index (χ4v) is 3.84. The maximum Gasteiger partial charge on any atom is 0.230 e. The first-order chi connectivity index (χ1) is 11.7. The van der Waals surface area contributed by atoms with Crippen molar-refractivity contribution in [1.82, 2.24) is 25.5 Å². The van der Waals surface area contributed by atoms with Gasteiger partial charge in [-0.25, -0.2) is 4.68 Å². The molecule has 0 atom stereocenters. The Kier molecular flexibility index (Phi) is 5.85. The van der Waals surface area contributed by atoms with Crippen LogP contribution in [-0.2, 0) is 11.2 Å². The molecule has 1 aromatic carbocycles. The first kappa shape index (κ1) is 17.0. The summed E-state index contributed by atoms with van der Waals surface area (Å²) >= 11 is 1.41. The summed E-state index contributed by atoms with van der Waals surface area (Å²) in [6.07, 6.45) is 5.56. The Bertz CT molecular complexity index is 681. The molecule has 6 nitrogen and oxygen atoms in total. The molecule has 0 aliphatic heterocycles. The van der Waals surface area contributed by atoms with Gasteiger partial charge in [0.25, 0.3) is 0 Å². The lowest BCUT2D eigenvalue weighted by atomic mass is 10.1. The van der Waals surface area contributed by atoms with E-state index in [0.717, 1.165) is 24.4 Å². The Balaban J connectivity index is 1.43. The van der Waals surface area contributed by atoms with Gasteiger partial charge in [-0.2, -0.15) is 0 Å².